The average molecular weight is 273 g/mol. The van der Waals surface area contributed by atoms with E-state index >= 15 is 0 Å². The maximum absolute atomic E-state index is 6.16. The summed E-state index contributed by atoms with van der Waals surface area (Å²) in [5.41, 5.74) is 3.52. The predicted molar refractivity (Wildman–Crippen MR) is 75.3 cm³/mol. The molecule has 19 heavy (non-hydrogen) atoms. The summed E-state index contributed by atoms with van der Waals surface area (Å²) >= 11 is 6.16. The third-order valence-corrected chi connectivity index (χ3v) is 3.48. The van der Waals surface area contributed by atoms with Gasteiger partial charge >= 0.3 is 0 Å². The van der Waals surface area contributed by atoms with E-state index < -0.39 is 0 Å². The Bertz CT molecular complexity index is 715. The van der Waals surface area contributed by atoms with Crippen molar-refractivity contribution in [2.75, 3.05) is 0 Å². The fraction of sp³-hybridized carbons (Fsp3) is 0.214. The molecule has 0 aliphatic heterocycles. The largest absolute Gasteiger partial charge is 0.306 e. The number of aryl methyl sites for hydroxylation is 1. The Morgan fingerprint density at radius 1 is 1.21 bits per heavy atom. The van der Waals surface area contributed by atoms with Crippen molar-refractivity contribution >= 4 is 17.2 Å². The molecule has 0 fully saturated rings. The van der Waals surface area contributed by atoms with Gasteiger partial charge in [-0.05, 0) is 25.5 Å². The topological polar surface area (TPSA) is 43.1 Å². The molecular weight excluding hydrogens is 260 g/mol. The van der Waals surface area contributed by atoms with Gasteiger partial charge in [-0.1, -0.05) is 24.6 Å². The first-order valence-corrected chi connectivity index (χ1v) is 6.54. The minimum Gasteiger partial charge on any atom is -0.306 e. The van der Waals surface area contributed by atoms with E-state index in [2.05, 4.69) is 21.9 Å². The molecule has 0 spiro atoms. The summed E-state index contributed by atoms with van der Waals surface area (Å²) in [6, 6.07) is 5.85. The Morgan fingerprint density at radius 2 is 2.05 bits per heavy atom. The number of rotatable bonds is 2. The van der Waals surface area contributed by atoms with Crippen LogP contribution in [0, 0.1) is 6.92 Å². The van der Waals surface area contributed by atoms with Crippen LogP contribution in [0.1, 0.15) is 18.2 Å². The summed E-state index contributed by atoms with van der Waals surface area (Å²) in [5, 5.41) is 0.499. The molecule has 0 saturated heterocycles. The first-order chi connectivity index (χ1) is 9.19. The van der Waals surface area contributed by atoms with E-state index in [1.54, 1.807) is 0 Å². The van der Waals surface area contributed by atoms with Gasteiger partial charge in [0.05, 0.1) is 0 Å². The minimum atomic E-state index is 0.499. The third-order valence-electron chi connectivity index (χ3n) is 3.12. The van der Waals surface area contributed by atoms with Crippen LogP contribution in [0.4, 0.5) is 0 Å². The Morgan fingerprint density at radius 3 is 2.79 bits per heavy atom. The molecule has 0 aliphatic rings. The van der Waals surface area contributed by atoms with Crippen LogP contribution in [0.2, 0.25) is 5.15 Å². The van der Waals surface area contributed by atoms with E-state index in [0.717, 1.165) is 29.0 Å². The van der Waals surface area contributed by atoms with Crippen molar-refractivity contribution in [3.8, 4) is 11.5 Å². The molecular formula is C14H13ClN4. The number of hydrogen-bond donors (Lipinski definition) is 0. The van der Waals surface area contributed by atoms with Gasteiger partial charge in [-0.2, -0.15) is 0 Å². The van der Waals surface area contributed by atoms with Crippen molar-refractivity contribution in [3.05, 3.63) is 47.0 Å². The van der Waals surface area contributed by atoms with Gasteiger partial charge in [0.2, 0.25) is 0 Å². The molecule has 0 aliphatic carbocycles. The molecule has 3 rings (SSSR count). The molecule has 3 aromatic heterocycles. The van der Waals surface area contributed by atoms with Gasteiger partial charge in [0.1, 0.15) is 16.5 Å². The molecule has 0 amide bonds. The van der Waals surface area contributed by atoms with Gasteiger partial charge in [-0.3, -0.25) is 0 Å². The molecule has 0 bridgehead atoms. The highest BCUT2D eigenvalue weighted by atomic mass is 35.5. The van der Waals surface area contributed by atoms with Gasteiger partial charge < -0.3 is 4.40 Å². The highest BCUT2D eigenvalue weighted by Crippen LogP contribution is 2.22. The maximum atomic E-state index is 6.16. The molecule has 96 valence electrons. The van der Waals surface area contributed by atoms with Crippen molar-refractivity contribution in [1.82, 2.24) is 19.4 Å². The Balaban J connectivity index is 2.18. The van der Waals surface area contributed by atoms with Crippen LogP contribution in [0.3, 0.4) is 0 Å². The van der Waals surface area contributed by atoms with Gasteiger partial charge in [0, 0.05) is 23.7 Å². The zero-order valence-electron chi connectivity index (χ0n) is 10.8. The Labute approximate surface area is 116 Å². The molecule has 0 aromatic carbocycles. The third kappa shape index (κ3) is 2.08. The number of imidazole rings is 1. The van der Waals surface area contributed by atoms with E-state index in [-0.39, 0.29) is 0 Å². The predicted octanol–water partition coefficient (Wildman–Crippen LogP) is 3.32. The first kappa shape index (κ1) is 12.1. The van der Waals surface area contributed by atoms with Gasteiger partial charge in [0.25, 0.3) is 0 Å². The van der Waals surface area contributed by atoms with Crippen LogP contribution in [-0.4, -0.2) is 19.4 Å². The van der Waals surface area contributed by atoms with Crippen molar-refractivity contribution in [2.45, 2.75) is 20.3 Å². The standard InChI is InChI=1S/C14H13ClN4/c1-3-10-9(2)13(15)18-14(17-10)11-8-19-7-5-4-6-12(19)16-11/h4-8H,3H2,1-2H3. The highest BCUT2D eigenvalue weighted by molar-refractivity contribution is 6.30. The van der Waals surface area contributed by atoms with Gasteiger partial charge in [-0.25, -0.2) is 15.0 Å². The summed E-state index contributed by atoms with van der Waals surface area (Å²) in [4.78, 5) is 13.4. The summed E-state index contributed by atoms with van der Waals surface area (Å²) in [6.07, 6.45) is 4.69. The smallest absolute Gasteiger partial charge is 0.181 e. The second kappa shape index (κ2) is 4.63. The molecule has 0 unspecified atom stereocenters. The summed E-state index contributed by atoms with van der Waals surface area (Å²) < 4.78 is 1.94. The molecule has 0 N–H and O–H groups in total. The van der Waals surface area contributed by atoms with E-state index in [0.29, 0.717) is 11.0 Å². The van der Waals surface area contributed by atoms with Crippen molar-refractivity contribution in [2.24, 2.45) is 0 Å². The van der Waals surface area contributed by atoms with Crippen LogP contribution in [-0.2, 0) is 6.42 Å². The van der Waals surface area contributed by atoms with Gasteiger partial charge in [0.15, 0.2) is 5.82 Å². The lowest BCUT2D eigenvalue weighted by Gasteiger charge is -2.05. The number of pyridine rings is 1. The molecule has 0 atom stereocenters. The second-order valence-electron chi connectivity index (χ2n) is 4.36. The molecule has 3 heterocycles. The quantitative estimate of drug-likeness (QED) is 0.672. The normalized spacial score (nSPS) is 11.1. The lowest BCUT2D eigenvalue weighted by molar-refractivity contribution is 0.973. The first-order valence-electron chi connectivity index (χ1n) is 6.16. The van der Waals surface area contributed by atoms with Crippen LogP contribution in [0.5, 0.6) is 0 Å². The monoisotopic (exact) mass is 272 g/mol. The SMILES string of the molecule is CCc1nc(-c2cn3ccccc3n2)nc(Cl)c1C. The average Bonchev–Trinajstić information content (AvgIpc) is 2.85. The highest BCUT2D eigenvalue weighted by Gasteiger charge is 2.12. The number of hydrogen-bond acceptors (Lipinski definition) is 3. The second-order valence-corrected chi connectivity index (χ2v) is 4.71. The van der Waals surface area contributed by atoms with E-state index in [1.165, 1.54) is 0 Å². The fourth-order valence-electron chi connectivity index (χ4n) is 2.03. The van der Waals surface area contributed by atoms with Crippen LogP contribution >= 0.6 is 11.6 Å². The van der Waals surface area contributed by atoms with Crippen molar-refractivity contribution < 1.29 is 0 Å². The maximum Gasteiger partial charge on any atom is 0.181 e. The fourth-order valence-corrected chi connectivity index (χ4v) is 2.22. The lowest BCUT2D eigenvalue weighted by atomic mass is 10.2. The molecule has 4 nitrogen and oxygen atoms in total. The zero-order valence-corrected chi connectivity index (χ0v) is 11.5. The minimum absolute atomic E-state index is 0.499. The molecule has 0 saturated carbocycles. The van der Waals surface area contributed by atoms with Crippen LogP contribution in [0.15, 0.2) is 30.6 Å². The van der Waals surface area contributed by atoms with Crippen molar-refractivity contribution in [1.29, 1.82) is 0 Å². The summed E-state index contributed by atoms with van der Waals surface area (Å²) in [5.74, 6) is 0.580. The summed E-state index contributed by atoms with van der Waals surface area (Å²) in [7, 11) is 0. The number of nitrogens with zero attached hydrogens (tertiary/aromatic N) is 4. The van der Waals surface area contributed by atoms with Crippen LogP contribution in [0.25, 0.3) is 17.2 Å². The zero-order chi connectivity index (χ0) is 13.4. The van der Waals surface area contributed by atoms with Gasteiger partial charge in [-0.15, -0.1) is 0 Å². The Kier molecular flexibility index (Phi) is 2.95. The number of fused-ring (bicyclic) bond motifs is 1. The lowest BCUT2D eigenvalue weighted by Crippen LogP contribution is -1.99. The van der Waals surface area contributed by atoms with E-state index in [4.69, 9.17) is 11.6 Å². The number of aromatic nitrogens is 4. The number of halogens is 1. The van der Waals surface area contributed by atoms with E-state index in [1.807, 2.05) is 41.9 Å². The molecule has 0 radical (unpaired) electrons. The molecule has 3 aromatic rings. The van der Waals surface area contributed by atoms with Crippen molar-refractivity contribution in [3.63, 3.8) is 0 Å². The van der Waals surface area contributed by atoms with E-state index in [9.17, 15) is 0 Å². The molecule has 5 heteroatoms. The van der Waals surface area contributed by atoms with Crippen LogP contribution < -0.4 is 0 Å². The Hall–Kier alpha value is -1.94. The summed E-state index contributed by atoms with van der Waals surface area (Å²) in [6.45, 7) is 3.99.